The Morgan fingerprint density at radius 2 is 1.62 bits per heavy atom. The van der Waals surface area contributed by atoms with Gasteiger partial charge in [0.2, 0.25) is 0 Å². The zero-order chi connectivity index (χ0) is 24.5. The fourth-order valence-electron chi connectivity index (χ4n) is 5.18. The van der Waals surface area contributed by atoms with Crippen LogP contribution in [-0.4, -0.2) is 61.5 Å². The minimum atomic E-state index is -0.473. The van der Waals surface area contributed by atoms with E-state index >= 15 is 0 Å². The van der Waals surface area contributed by atoms with E-state index in [4.69, 9.17) is 4.98 Å². The van der Waals surface area contributed by atoms with Crippen LogP contribution in [0.15, 0.2) is 36.4 Å². The van der Waals surface area contributed by atoms with Gasteiger partial charge in [0.25, 0.3) is 0 Å². The average Bonchev–Trinajstić information content (AvgIpc) is 2.82. The Labute approximate surface area is 203 Å². The number of ether oxygens (including phenoxy) is 1. The van der Waals surface area contributed by atoms with Crippen LogP contribution < -0.4 is 4.90 Å². The minimum absolute atomic E-state index is 0.0982. The summed E-state index contributed by atoms with van der Waals surface area (Å²) in [5.41, 5.74) is 5.44. The molecule has 6 heteroatoms. The second-order valence-electron chi connectivity index (χ2n) is 11.0. The molecule has 0 saturated carbocycles. The monoisotopic (exact) mass is 463 g/mol. The van der Waals surface area contributed by atoms with Gasteiger partial charge in [-0.1, -0.05) is 45.9 Å². The molecule has 0 atom stereocenters. The van der Waals surface area contributed by atoms with E-state index in [1.165, 1.54) is 36.6 Å². The van der Waals surface area contributed by atoms with Crippen LogP contribution in [0.2, 0.25) is 0 Å². The summed E-state index contributed by atoms with van der Waals surface area (Å²) in [5, 5.41) is 0. The summed E-state index contributed by atoms with van der Waals surface area (Å²) in [6, 6.07) is 13.1. The maximum absolute atomic E-state index is 12.1. The van der Waals surface area contributed by atoms with Crippen molar-refractivity contribution in [2.24, 2.45) is 0 Å². The van der Waals surface area contributed by atoms with Gasteiger partial charge in [-0.15, -0.1) is 0 Å². The molecule has 1 aliphatic carbocycles. The van der Waals surface area contributed by atoms with E-state index in [0.29, 0.717) is 0 Å². The van der Waals surface area contributed by atoms with Gasteiger partial charge in [0.05, 0.1) is 19.3 Å². The molecule has 1 aromatic heterocycles. The van der Waals surface area contributed by atoms with Crippen molar-refractivity contribution in [2.75, 3.05) is 44.7 Å². The van der Waals surface area contributed by atoms with Gasteiger partial charge >= 0.3 is 5.97 Å². The quantitative estimate of drug-likeness (QED) is 0.469. The number of anilines is 1. The molecule has 0 spiro atoms. The molecule has 4 rings (SSSR count). The van der Waals surface area contributed by atoms with Crippen molar-refractivity contribution in [3.8, 4) is 11.3 Å². The number of esters is 1. The van der Waals surface area contributed by atoms with Gasteiger partial charge in [0.15, 0.2) is 5.78 Å². The van der Waals surface area contributed by atoms with Gasteiger partial charge in [-0.05, 0) is 53.0 Å². The van der Waals surface area contributed by atoms with Crippen LogP contribution in [0.4, 0.5) is 5.82 Å². The summed E-state index contributed by atoms with van der Waals surface area (Å²) >= 11 is 0. The van der Waals surface area contributed by atoms with Gasteiger partial charge in [-0.3, -0.25) is 14.5 Å². The Morgan fingerprint density at radius 1 is 0.941 bits per heavy atom. The Hall–Kier alpha value is -2.73. The fourth-order valence-corrected chi connectivity index (χ4v) is 5.18. The van der Waals surface area contributed by atoms with E-state index in [2.05, 4.69) is 78.6 Å². The van der Waals surface area contributed by atoms with Crippen molar-refractivity contribution in [3.63, 3.8) is 0 Å². The number of piperazine rings is 1. The topological polar surface area (TPSA) is 62.7 Å². The third-order valence-corrected chi connectivity index (χ3v) is 7.55. The largest absolute Gasteiger partial charge is 0.469 e. The van der Waals surface area contributed by atoms with Gasteiger partial charge < -0.3 is 9.64 Å². The standard InChI is InChI=1S/C28H37N3O3/c1-27(2)11-12-28(3,4)23-17-20(9-10-22(23)27)24-7-6-8-25(29-24)31-15-13-30(14-16-31)19-21(32)18-26(33)34-5/h6-10,17H,11-16,18-19H2,1-5H3. The third kappa shape index (κ3) is 5.17. The second-order valence-corrected chi connectivity index (χ2v) is 11.0. The van der Waals surface area contributed by atoms with Gasteiger partial charge in [0.1, 0.15) is 12.2 Å². The molecule has 0 radical (unpaired) electrons. The van der Waals surface area contributed by atoms with Crippen molar-refractivity contribution >= 4 is 17.6 Å². The molecule has 1 fully saturated rings. The number of hydrogen-bond donors (Lipinski definition) is 0. The number of aromatic nitrogens is 1. The fraction of sp³-hybridized carbons (Fsp3) is 0.536. The highest BCUT2D eigenvalue weighted by Crippen LogP contribution is 2.46. The number of benzene rings is 1. The number of ketones is 1. The molecule has 0 amide bonds. The molecule has 1 aliphatic heterocycles. The van der Waals surface area contributed by atoms with Gasteiger partial charge in [-0.2, -0.15) is 0 Å². The highest BCUT2D eigenvalue weighted by molar-refractivity contribution is 5.96. The molecular formula is C28H37N3O3. The van der Waals surface area contributed by atoms with Crippen LogP contribution in [0.3, 0.4) is 0 Å². The second kappa shape index (κ2) is 9.49. The number of carbonyl (C=O) groups excluding carboxylic acids is 2. The van der Waals surface area contributed by atoms with Gasteiger partial charge in [-0.25, -0.2) is 4.98 Å². The number of Topliss-reactive ketones (excluding diaryl/α,β-unsaturated/α-hetero) is 1. The first kappa shape index (κ1) is 24.4. The number of fused-ring (bicyclic) bond motifs is 1. The van der Waals surface area contributed by atoms with Crippen LogP contribution in [0, 0.1) is 0 Å². The van der Waals surface area contributed by atoms with E-state index in [1.54, 1.807) is 0 Å². The summed E-state index contributed by atoms with van der Waals surface area (Å²) < 4.78 is 4.59. The zero-order valence-electron chi connectivity index (χ0n) is 21.2. The number of methoxy groups -OCH3 is 1. The lowest BCUT2D eigenvalue weighted by atomic mass is 9.63. The predicted molar refractivity (Wildman–Crippen MR) is 135 cm³/mol. The number of pyridine rings is 1. The van der Waals surface area contributed by atoms with Crippen LogP contribution >= 0.6 is 0 Å². The maximum Gasteiger partial charge on any atom is 0.313 e. The SMILES string of the molecule is COC(=O)CC(=O)CN1CCN(c2cccc(-c3ccc4c(c3)C(C)(C)CCC4(C)C)n2)CC1. The Balaban J connectivity index is 1.47. The number of rotatable bonds is 6. The summed E-state index contributed by atoms with van der Waals surface area (Å²) in [6.07, 6.45) is 2.24. The van der Waals surface area contributed by atoms with Gasteiger partial charge in [0, 0.05) is 31.7 Å². The first-order valence-corrected chi connectivity index (χ1v) is 12.3. The van der Waals surface area contributed by atoms with Crippen LogP contribution in [0.5, 0.6) is 0 Å². The predicted octanol–water partition coefficient (Wildman–Crippen LogP) is 4.35. The highest BCUT2D eigenvalue weighted by Gasteiger charge is 2.37. The molecule has 182 valence electrons. The van der Waals surface area contributed by atoms with Crippen molar-refractivity contribution in [1.82, 2.24) is 9.88 Å². The molecule has 1 aromatic carbocycles. The molecule has 2 aliphatic rings. The highest BCUT2D eigenvalue weighted by atomic mass is 16.5. The summed E-state index contributed by atoms with van der Waals surface area (Å²) in [5.74, 6) is 0.396. The van der Waals surface area contributed by atoms with Crippen LogP contribution in [0.25, 0.3) is 11.3 Å². The molecule has 6 nitrogen and oxygen atoms in total. The number of carbonyl (C=O) groups is 2. The van der Waals surface area contributed by atoms with Crippen molar-refractivity contribution in [1.29, 1.82) is 0 Å². The van der Waals surface area contributed by atoms with E-state index in [-0.39, 0.29) is 29.6 Å². The molecule has 2 heterocycles. The van der Waals surface area contributed by atoms with Crippen molar-refractivity contribution in [2.45, 2.75) is 57.8 Å². The molecule has 34 heavy (non-hydrogen) atoms. The number of nitrogens with zero attached hydrogens (tertiary/aromatic N) is 3. The lowest BCUT2D eigenvalue weighted by molar-refractivity contribution is -0.143. The molecule has 2 aromatic rings. The summed E-state index contributed by atoms with van der Waals surface area (Å²) in [6.45, 7) is 12.8. The zero-order valence-corrected chi connectivity index (χ0v) is 21.2. The van der Waals surface area contributed by atoms with E-state index in [1.807, 2.05) is 0 Å². The molecule has 0 unspecified atom stereocenters. The van der Waals surface area contributed by atoms with Crippen molar-refractivity contribution in [3.05, 3.63) is 47.5 Å². The lowest BCUT2D eigenvalue weighted by Gasteiger charge is -2.42. The van der Waals surface area contributed by atoms with E-state index in [9.17, 15) is 9.59 Å². The van der Waals surface area contributed by atoms with E-state index in [0.717, 1.165) is 37.7 Å². The summed E-state index contributed by atoms with van der Waals surface area (Å²) in [7, 11) is 1.31. The van der Waals surface area contributed by atoms with Crippen LogP contribution in [-0.2, 0) is 25.2 Å². The van der Waals surface area contributed by atoms with Crippen molar-refractivity contribution < 1.29 is 14.3 Å². The molecular weight excluding hydrogens is 426 g/mol. The molecule has 0 bridgehead atoms. The Kier molecular flexibility index (Phi) is 6.81. The first-order valence-electron chi connectivity index (χ1n) is 12.3. The van der Waals surface area contributed by atoms with E-state index < -0.39 is 5.97 Å². The molecule has 1 saturated heterocycles. The first-order chi connectivity index (χ1) is 16.1. The Morgan fingerprint density at radius 3 is 2.29 bits per heavy atom. The Bertz CT molecular complexity index is 1070. The molecule has 0 N–H and O–H groups in total. The number of hydrogen-bond acceptors (Lipinski definition) is 6. The third-order valence-electron chi connectivity index (χ3n) is 7.55. The average molecular weight is 464 g/mol. The maximum atomic E-state index is 12.1. The lowest BCUT2D eigenvalue weighted by Crippen LogP contribution is -2.48. The minimum Gasteiger partial charge on any atom is -0.469 e. The van der Waals surface area contributed by atoms with Crippen LogP contribution in [0.1, 0.15) is 58.1 Å². The normalized spacial score (nSPS) is 19.4. The smallest absolute Gasteiger partial charge is 0.313 e. The summed E-state index contributed by atoms with van der Waals surface area (Å²) in [4.78, 5) is 32.8.